The van der Waals surface area contributed by atoms with Gasteiger partial charge in [0.2, 0.25) is 0 Å². The van der Waals surface area contributed by atoms with Crippen LogP contribution in [-0.2, 0) is 27.5 Å². The zero-order valence-electron chi connectivity index (χ0n) is 5.16. The van der Waals surface area contributed by atoms with E-state index in [1.165, 1.54) is 0 Å². The van der Waals surface area contributed by atoms with Crippen LogP contribution >= 0.6 is 0 Å². The summed E-state index contributed by atoms with van der Waals surface area (Å²) in [5.41, 5.74) is 0. The summed E-state index contributed by atoms with van der Waals surface area (Å²) >= 11 is 0.300. The molecule has 11 heavy (non-hydrogen) atoms. The van der Waals surface area contributed by atoms with Gasteiger partial charge in [-0.25, -0.2) is 0 Å². The van der Waals surface area contributed by atoms with Crippen molar-refractivity contribution in [2.24, 2.45) is 0 Å². The summed E-state index contributed by atoms with van der Waals surface area (Å²) in [6, 6.07) is 0. The van der Waals surface area contributed by atoms with Crippen LogP contribution in [0.2, 0.25) is 0 Å². The summed E-state index contributed by atoms with van der Waals surface area (Å²) in [5.74, 6) is 0. The topological polar surface area (TPSA) is 238 Å². The van der Waals surface area contributed by atoms with Crippen molar-refractivity contribution in [1.82, 2.24) is 0 Å². The molecule has 0 aliphatic heterocycles. The molecule has 0 aliphatic rings. The summed E-state index contributed by atoms with van der Waals surface area (Å²) in [6.45, 7) is 0. The number of hydrogen-bond donors (Lipinski definition) is 0. The molecule has 0 radical (unpaired) electrons. The summed E-state index contributed by atoms with van der Waals surface area (Å²) in [6.07, 6.45) is 0. The molecule has 0 rings (SSSR count). The Morgan fingerprint density at radius 1 is 0.455 bits per heavy atom. The van der Waals surface area contributed by atoms with E-state index >= 15 is 0 Å². The minimum absolute atomic E-state index is 0. The molecule has 0 bridgehead atoms. The SMILES string of the molecule is O.O.O.O.O.O.O.[Cl-].[Cl-].[O]=[Zr+2]. The van der Waals surface area contributed by atoms with E-state index in [0.29, 0.717) is 24.7 Å². The third-order valence-corrected chi connectivity index (χ3v) is 0. The molecule has 0 atom stereocenters. The quantitative estimate of drug-likeness (QED) is 0.416. The third-order valence-electron chi connectivity index (χ3n) is 0. The summed E-state index contributed by atoms with van der Waals surface area (Å²) in [7, 11) is 0. The Morgan fingerprint density at radius 3 is 0.455 bits per heavy atom. The average molecular weight is 304 g/mol. The van der Waals surface area contributed by atoms with E-state index in [-0.39, 0.29) is 63.1 Å². The molecule has 0 aromatic rings. The molecule has 0 saturated heterocycles. The summed E-state index contributed by atoms with van der Waals surface area (Å²) < 4.78 is 8.34. The minimum atomic E-state index is 0. The number of rotatable bonds is 0. The fourth-order valence-corrected chi connectivity index (χ4v) is 0. The van der Waals surface area contributed by atoms with Crippen LogP contribution in [0, 0.1) is 0 Å². The maximum absolute atomic E-state index is 8.34. The van der Waals surface area contributed by atoms with E-state index in [0.717, 1.165) is 0 Å². The molecule has 0 fully saturated rings. The van der Waals surface area contributed by atoms with E-state index in [4.69, 9.17) is 2.81 Å². The van der Waals surface area contributed by atoms with Crippen LogP contribution in [0.5, 0.6) is 0 Å². The second kappa shape index (κ2) is 1130. The molecule has 0 amide bonds. The van der Waals surface area contributed by atoms with Crippen LogP contribution in [-0.4, -0.2) is 38.3 Å². The van der Waals surface area contributed by atoms with Crippen LogP contribution in [0.3, 0.4) is 0 Å². The molecule has 14 N–H and O–H groups in total. The Hall–Kier alpha value is 0.983. The Morgan fingerprint density at radius 2 is 0.455 bits per heavy atom. The fraction of sp³-hybridized carbons (Fsp3) is 0. The molecular formula is H14Cl2O8Zr. The first-order chi connectivity index (χ1) is 1.00. The van der Waals surface area contributed by atoms with Crippen LogP contribution < -0.4 is 24.8 Å². The van der Waals surface area contributed by atoms with E-state index in [1.807, 2.05) is 0 Å². The van der Waals surface area contributed by atoms with Gasteiger partial charge in [-0.05, 0) is 0 Å². The van der Waals surface area contributed by atoms with Crippen molar-refractivity contribution in [3.8, 4) is 0 Å². The van der Waals surface area contributed by atoms with Crippen LogP contribution in [0.25, 0.3) is 0 Å². The van der Waals surface area contributed by atoms with Crippen LogP contribution in [0.15, 0.2) is 0 Å². The summed E-state index contributed by atoms with van der Waals surface area (Å²) in [5, 5.41) is 0. The molecule has 0 heterocycles. The summed E-state index contributed by atoms with van der Waals surface area (Å²) in [4.78, 5) is 0. The Kier molecular flexibility index (Phi) is 37800. The second-order valence-electron chi connectivity index (χ2n) is 0. The first kappa shape index (κ1) is 368. The Bertz CT molecular complexity index is 12.1. The van der Waals surface area contributed by atoms with Crippen LogP contribution in [0.1, 0.15) is 0 Å². The molecule has 0 saturated carbocycles. The Labute approximate surface area is 90.6 Å². The standard InChI is InChI=1S/2ClH.7H2O.O.Zr/h2*1H;7*1H2;;/q;;;;;;;;;;+2/p-2. The Balaban J connectivity index is -0.000000000139. The predicted octanol–water partition coefficient (Wildman–Crippen LogP) is -11.9. The molecule has 0 spiro atoms. The predicted molar refractivity (Wildman–Crippen MR) is 26.0 cm³/mol. The van der Waals surface area contributed by atoms with Crippen molar-refractivity contribution in [2.75, 3.05) is 0 Å². The molecule has 80 valence electrons. The zero-order valence-corrected chi connectivity index (χ0v) is 9.13. The van der Waals surface area contributed by atoms with Crippen molar-refractivity contribution >= 4 is 0 Å². The molecule has 0 unspecified atom stereocenters. The van der Waals surface area contributed by atoms with Gasteiger partial charge >= 0.3 is 27.5 Å². The third kappa shape index (κ3) is 917. The molecule has 0 aromatic carbocycles. The van der Waals surface area contributed by atoms with E-state index < -0.39 is 0 Å². The van der Waals surface area contributed by atoms with Crippen LogP contribution in [0.4, 0.5) is 0 Å². The number of halogens is 2. The van der Waals surface area contributed by atoms with Gasteiger partial charge in [-0.3, -0.25) is 0 Å². The fourth-order valence-electron chi connectivity index (χ4n) is 0. The van der Waals surface area contributed by atoms with E-state index in [9.17, 15) is 0 Å². The van der Waals surface area contributed by atoms with Gasteiger partial charge in [-0.2, -0.15) is 0 Å². The molecule has 11 heteroatoms. The van der Waals surface area contributed by atoms with Crippen molar-refractivity contribution in [3.05, 3.63) is 0 Å². The van der Waals surface area contributed by atoms with Gasteiger partial charge in [0.25, 0.3) is 0 Å². The number of hydrogen-bond acceptors (Lipinski definition) is 1. The van der Waals surface area contributed by atoms with Gasteiger partial charge in [0.05, 0.1) is 0 Å². The second-order valence-corrected chi connectivity index (χ2v) is 0. The van der Waals surface area contributed by atoms with E-state index in [1.54, 1.807) is 0 Å². The van der Waals surface area contributed by atoms with Crippen molar-refractivity contribution < 1.29 is 90.7 Å². The van der Waals surface area contributed by atoms with Gasteiger partial charge in [0.15, 0.2) is 0 Å². The van der Waals surface area contributed by atoms with Crippen molar-refractivity contribution in [3.63, 3.8) is 0 Å². The van der Waals surface area contributed by atoms with Gasteiger partial charge in [0.1, 0.15) is 0 Å². The van der Waals surface area contributed by atoms with Gasteiger partial charge in [-0.1, -0.05) is 0 Å². The first-order valence-electron chi connectivity index (χ1n) is 0.204. The average Bonchev–Trinajstić information content (AvgIpc) is 1.00. The molecule has 0 aliphatic carbocycles. The van der Waals surface area contributed by atoms with Gasteiger partial charge in [0, 0.05) is 0 Å². The normalized spacial score (nSPS) is 0.545. The van der Waals surface area contributed by atoms with Crippen molar-refractivity contribution in [1.29, 1.82) is 0 Å². The first-order valence-corrected chi connectivity index (χ1v) is 1.21. The maximum atomic E-state index is 8.34. The zero-order chi connectivity index (χ0) is 2.00. The van der Waals surface area contributed by atoms with Gasteiger partial charge < -0.3 is 63.1 Å². The molecule has 0 aromatic heterocycles. The molecular weight excluding hydrogens is 290 g/mol. The monoisotopic (exact) mass is 302 g/mol. The van der Waals surface area contributed by atoms with Gasteiger partial charge in [-0.15, -0.1) is 0 Å². The molecule has 8 nitrogen and oxygen atoms in total. The van der Waals surface area contributed by atoms with Crippen molar-refractivity contribution in [2.45, 2.75) is 0 Å². The van der Waals surface area contributed by atoms with E-state index in [2.05, 4.69) is 0 Å².